The average molecular weight is 414 g/mol. The van der Waals surface area contributed by atoms with Crippen molar-refractivity contribution in [2.45, 2.75) is 6.18 Å². The largest absolute Gasteiger partial charge is 0.434 e. The molecule has 0 saturated carbocycles. The molecule has 29 heavy (non-hydrogen) atoms. The van der Waals surface area contributed by atoms with Crippen LogP contribution in [-0.2, 0) is 6.18 Å². The molecule has 0 spiro atoms. The zero-order chi connectivity index (χ0) is 20.4. The minimum atomic E-state index is -4.76. The van der Waals surface area contributed by atoms with Crippen LogP contribution in [0, 0.1) is 0 Å². The van der Waals surface area contributed by atoms with Crippen molar-refractivity contribution in [2.75, 3.05) is 5.32 Å². The van der Waals surface area contributed by atoms with Gasteiger partial charge in [-0.3, -0.25) is 4.79 Å². The predicted octanol–water partition coefficient (Wildman–Crippen LogP) is 5.27. The molecule has 2 aromatic heterocycles. The van der Waals surface area contributed by atoms with Gasteiger partial charge in [0.25, 0.3) is 5.91 Å². The molecule has 0 bridgehead atoms. The summed E-state index contributed by atoms with van der Waals surface area (Å²) >= 11 is 1.46. The number of hydrogen-bond donors (Lipinski definition) is 1. The zero-order valence-corrected chi connectivity index (χ0v) is 15.5. The van der Waals surface area contributed by atoms with Crippen LogP contribution in [0.4, 0.5) is 18.9 Å². The highest BCUT2D eigenvalue weighted by molar-refractivity contribution is 7.13. The van der Waals surface area contributed by atoms with Crippen molar-refractivity contribution in [3.63, 3.8) is 0 Å². The predicted molar refractivity (Wildman–Crippen MR) is 104 cm³/mol. The van der Waals surface area contributed by atoms with E-state index in [1.54, 1.807) is 48.7 Å². The van der Waals surface area contributed by atoms with E-state index in [4.69, 9.17) is 0 Å². The van der Waals surface area contributed by atoms with Crippen LogP contribution in [0.15, 0.2) is 72.4 Å². The Balaban J connectivity index is 1.63. The Bertz CT molecular complexity index is 1120. The van der Waals surface area contributed by atoms with Crippen LogP contribution in [0.3, 0.4) is 0 Å². The number of rotatable bonds is 4. The van der Waals surface area contributed by atoms with Gasteiger partial charge in [-0.1, -0.05) is 18.2 Å². The lowest BCUT2D eigenvalue weighted by molar-refractivity contribution is -0.143. The van der Waals surface area contributed by atoms with Gasteiger partial charge in [-0.05, 0) is 36.4 Å². The maximum atomic E-state index is 13.7. The van der Waals surface area contributed by atoms with Crippen molar-refractivity contribution in [3.05, 3.63) is 83.6 Å². The molecule has 0 fully saturated rings. The molecule has 9 heteroatoms. The van der Waals surface area contributed by atoms with Gasteiger partial charge in [0, 0.05) is 22.8 Å². The summed E-state index contributed by atoms with van der Waals surface area (Å²) in [6.45, 7) is 0. The van der Waals surface area contributed by atoms with Crippen molar-refractivity contribution in [1.82, 2.24) is 14.8 Å². The smallest absolute Gasteiger partial charge is 0.322 e. The van der Waals surface area contributed by atoms with Gasteiger partial charge >= 0.3 is 6.18 Å². The normalized spacial score (nSPS) is 11.4. The molecule has 5 nitrogen and oxygen atoms in total. The maximum absolute atomic E-state index is 13.7. The molecular weight excluding hydrogens is 401 g/mol. The second kappa shape index (κ2) is 7.51. The molecule has 0 atom stereocenters. The molecule has 2 aromatic carbocycles. The maximum Gasteiger partial charge on any atom is 0.434 e. The number of para-hydroxylation sites is 1. The fourth-order valence-corrected chi connectivity index (χ4v) is 3.46. The minimum absolute atomic E-state index is 0.215. The van der Waals surface area contributed by atoms with Crippen LogP contribution in [0.2, 0.25) is 0 Å². The molecule has 2 heterocycles. The lowest BCUT2D eigenvalue weighted by Crippen LogP contribution is -2.20. The summed E-state index contributed by atoms with van der Waals surface area (Å²) in [5.41, 5.74) is -0.237. The van der Waals surface area contributed by atoms with Gasteiger partial charge in [0.2, 0.25) is 0 Å². The summed E-state index contributed by atoms with van der Waals surface area (Å²) in [5.74, 6) is -0.887. The number of nitrogens with zero attached hydrogens (tertiary/aromatic N) is 3. The first-order valence-corrected chi connectivity index (χ1v) is 9.33. The first-order valence-electron chi connectivity index (χ1n) is 8.45. The van der Waals surface area contributed by atoms with Crippen molar-refractivity contribution in [1.29, 1.82) is 0 Å². The Labute approximate surface area is 167 Å². The molecule has 1 amide bonds. The first kappa shape index (κ1) is 18.9. The van der Waals surface area contributed by atoms with Crippen molar-refractivity contribution >= 4 is 22.9 Å². The van der Waals surface area contributed by atoms with Crippen LogP contribution >= 0.6 is 11.3 Å². The van der Waals surface area contributed by atoms with Crippen LogP contribution in [0.5, 0.6) is 0 Å². The van der Waals surface area contributed by atoms with Crippen molar-refractivity contribution in [3.8, 4) is 16.3 Å². The molecular formula is C20H13F3N4OS. The summed E-state index contributed by atoms with van der Waals surface area (Å²) in [6, 6.07) is 14.6. The van der Waals surface area contributed by atoms with E-state index in [1.807, 2.05) is 5.38 Å². The zero-order valence-electron chi connectivity index (χ0n) is 14.7. The van der Waals surface area contributed by atoms with Gasteiger partial charge in [0.15, 0.2) is 5.69 Å². The molecule has 4 aromatic rings. The fraction of sp³-hybridized carbons (Fsp3) is 0.0500. The van der Waals surface area contributed by atoms with E-state index < -0.39 is 23.3 Å². The second-order valence-electron chi connectivity index (χ2n) is 6.02. The van der Waals surface area contributed by atoms with Crippen LogP contribution in [0.25, 0.3) is 16.3 Å². The summed E-state index contributed by atoms with van der Waals surface area (Å²) in [6.07, 6.45) is -2.15. The van der Waals surface area contributed by atoms with Crippen LogP contribution < -0.4 is 5.32 Å². The molecule has 0 saturated heterocycles. The molecule has 0 aliphatic carbocycles. The Morgan fingerprint density at radius 2 is 1.76 bits per heavy atom. The number of anilines is 1. The topological polar surface area (TPSA) is 59.8 Å². The number of halogens is 3. The molecule has 0 aliphatic rings. The van der Waals surface area contributed by atoms with E-state index in [-0.39, 0.29) is 5.69 Å². The number of carbonyl (C=O) groups excluding carboxylic acids is 1. The Morgan fingerprint density at radius 3 is 2.38 bits per heavy atom. The number of nitrogens with one attached hydrogen (secondary N) is 1. The molecule has 0 radical (unpaired) electrons. The fourth-order valence-electron chi connectivity index (χ4n) is 2.81. The van der Waals surface area contributed by atoms with E-state index >= 15 is 0 Å². The first-order chi connectivity index (χ1) is 13.9. The SMILES string of the molecule is O=C(Nc1ccc(-c2nccs2)cc1)c1cnn(-c2ccccc2)c1C(F)(F)F. The molecule has 146 valence electrons. The lowest BCUT2D eigenvalue weighted by atomic mass is 10.2. The molecule has 4 rings (SSSR count). The Morgan fingerprint density at radius 1 is 1.03 bits per heavy atom. The quantitative estimate of drug-likeness (QED) is 0.495. The van der Waals surface area contributed by atoms with Gasteiger partial charge in [0.1, 0.15) is 5.01 Å². The number of carbonyl (C=O) groups is 1. The highest BCUT2D eigenvalue weighted by Crippen LogP contribution is 2.34. The molecule has 1 N–H and O–H groups in total. The van der Waals surface area contributed by atoms with Crippen LogP contribution in [-0.4, -0.2) is 20.7 Å². The Kier molecular flexibility index (Phi) is 4.89. The second-order valence-corrected chi connectivity index (χ2v) is 6.92. The summed E-state index contributed by atoms with van der Waals surface area (Å²) in [7, 11) is 0. The average Bonchev–Trinajstić information content (AvgIpc) is 3.39. The van der Waals surface area contributed by atoms with Gasteiger partial charge in [-0.15, -0.1) is 11.3 Å². The third kappa shape index (κ3) is 3.90. The highest BCUT2D eigenvalue weighted by atomic mass is 32.1. The number of amides is 1. The minimum Gasteiger partial charge on any atom is -0.322 e. The monoisotopic (exact) mass is 414 g/mol. The highest BCUT2D eigenvalue weighted by Gasteiger charge is 2.40. The third-order valence-electron chi connectivity index (χ3n) is 4.11. The van der Waals surface area contributed by atoms with E-state index in [0.717, 1.165) is 21.4 Å². The third-order valence-corrected chi connectivity index (χ3v) is 4.93. The van der Waals surface area contributed by atoms with Crippen molar-refractivity contribution in [2.24, 2.45) is 0 Å². The summed E-state index contributed by atoms with van der Waals surface area (Å²) in [5, 5.41) is 8.94. The van der Waals surface area contributed by atoms with Crippen LogP contribution in [0.1, 0.15) is 16.1 Å². The Hall–Kier alpha value is -3.46. The number of benzene rings is 2. The number of thiazole rings is 1. The van der Waals surface area contributed by atoms with Gasteiger partial charge in [-0.25, -0.2) is 9.67 Å². The van der Waals surface area contributed by atoms with Gasteiger partial charge in [0.05, 0.1) is 17.4 Å². The van der Waals surface area contributed by atoms with Gasteiger partial charge in [-0.2, -0.15) is 18.3 Å². The number of aromatic nitrogens is 3. The number of hydrogen-bond acceptors (Lipinski definition) is 4. The summed E-state index contributed by atoms with van der Waals surface area (Å²) < 4.78 is 41.8. The van der Waals surface area contributed by atoms with Gasteiger partial charge < -0.3 is 5.32 Å². The molecule has 0 aliphatic heterocycles. The number of alkyl halides is 3. The van der Waals surface area contributed by atoms with E-state index in [0.29, 0.717) is 5.69 Å². The standard InChI is InChI=1S/C20H13F3N4OS/c21-20(22,23)17-16(12-25-27(17)15-4-2-1-3-5-15)18(28)26-14-8-6-13(7-9-14)19-24-10-11-29-19/h1-12H,(H,26,28). The lowest BCUT2D eigenvalue weighted by Gasteiger charge is -2.13. The van der Waals surface area contributed by atoms with E-state index in [9.17, 15) is 18.0 Å². The van der Waals surface area contributed by atoms with E-state index in [1.165, 1.54) is 23.5 Å². The van der Waals surface area contributed by atoms with E-state index in [2.05, 4.69) is 15.4 Å². The van der Waals surface area contributed by atoms with Crippen molar-refractivity contribution < 1.29 is 18.0 Å². The molecule has 0 unspecified atom stereocenters. The summed E-state index contributed by atoms with van der Waals surface area (Å²) in [4.78, 5) is 16.8.